The highest BCUT2D eigenvalue weighted by Crippen LogP contribution is 2.50. The van der Waals surface area contributed by atoms with E-state index in [1.165, 1.54) is 12.1 Å². The van der Waals surface area contributed by atoms with Crippen molar-refractivity contribution >= 4 is 11.4 Å². The van der Waals surface area contributed by atoms with Gasteiger partial charge in [-0.2, -0.15) is 0 Å². The molecule has 0 amide bonds. The number of nitro groups is 1. The zero-order valence-corrected chi connectivity index (χ0v) is 12.3. The Morgan fingerprint density at radius 2 is 2.00 bits per heavy atom. The minimum atomic E-state index is -0.378. The summed E-state index contributed by atoms with van der Waals surface area (Å²) in [6.07, 6.45) is 5.00. The second kappa shape index (κ2) is 5.19. The van der Waals surface area contributed by atoms with Crippen LogP contribution in [0.4, 0.5) is 15.8 Å². The number of rotatable bonds is 2. The van der Waals surface area contributed by atoms with Gasteiger partial charge in [-0.25, -0.2) is 4.39 Å². The Morgan fingerprint density at radius 3 is 2.78 bits per heavy atom. The highest BCUT2D eigenvalue weighted by molar-refractivity contribution is 5.62. The van der Waals surface area contributed by atoms with Crippen molar-refractivity contribution in [1.82, 2.24) is 0 Å². The molecule has 2 aliphatic rings. The minimum Gasteiger partial charge on any atom is -0.378 e. The van der Waals surface area contributed by atoms with Gasteiger partial charge in [0.05, 0.1) is 11.0 Å². The fraction of sp³-hybridized carbons (Fsp3) is 0.222. The van der Waals surface area contributed by atoms with Crippen LogP contribution >= 0.6 is 0 Å². The molecule has 1 aliphatic carbocycles. The summed E-state index contributed by atoms with van der Waals surface area (Å²) in [6.45, 7) is 0. The van der Waals surface area contributed by atoms with Crippen LogP contribution in [0.5, 0.6) is 0 Å². The molecule has 0 aromatic heterocycles. The Bertz CT molecular complexity index is 818. The number of allylic oxidation sites excluding steroid dienone is 2. The monoisotopic (exact) mass is 310 g/mol. The number of fused-ring (bicyclic) bond motifs is 3. The van der Waals surface area contributed by atoms with E-state index in [-0.39, 0.29) is 34.3 Å². The summed E-state index contributed by atoms with van der Waals surface area (Å²) in [4.78, 5) is 10.6. The van der Waals surface area contributed by atoms with E-state index in [2.05, 4.69) is 17.5 Å². The van der Waals surface area contributed by atoms with Crippen molar-refractivity contribution in [2.24, 2.45) is 5.92 Å². The lowest BCUT2D eigenvalue weighted by Crippen LogP contribution is -2.29. The number of benzene rings is 2. The second-order valence-electron chi connectivity index (χ2n) is 6.03. The smallest absolute Gasteiger partial charge is 0.269 e. The van der Waals surface area contributed by atoms with E-state index in [1.54, 1.807) is 24.3 Å². The Balaban J connectivity index is 1.81. The number of nitrogens with zero attached hydrogens (tertiary/aromatic N) is 1. The summed E-state index contributed by atoms with van der Waals surface area (Å²) in [6, 6.07) is 11.5. The van der Waals surface area contributed by atoms with E-state index >= 15 is 0 Å². The summed E-state index contributed by atoms with van der Waals surface area (Å²) in [5.41, 5.74) is 2.51. The van der Waals surface area contributed by atoms with Gasteiger partial charge in [0.15, 0.2) is 0 Å². The Kier molecular flexibility index (Phi) is 3.15. The van der Waals surface area contributed by atoms with Gasteiger partial charge < -0.3 is 5.32 Å². The summed E-state index contributed by atoms with van der Waals surface area (Å²) in [5, 5.41) is 14.4. The maximum Gasteiger partial charge on any atom is 0.269 e. The number of halogens is 1. The van der Waals surface area contributed by atoms with Gasteiger partial charge in [-0.1, -0.05) is 30.4 Å². The highest BCUT2D eigenvalue weighted by Gasteiger charge is 2.39. The molecule has 116 valence electrons. The Hall–Kier alpha value is -2.69. The molecule has 3 atom stereocenters. The Labute approximate surface area is 132 Å². The van der Waals surface area contributed by atoms with Crippen LogP contribution in [0.15, 0.2) is 54.6 Å². The first-order valence-corrected chi connectivity index (χ1v) is 7.61. The van der Waals surface area contributed by atoms with Crippen molar-refractivity contribution in [3.8, 4) is 0 Å². The van der Waals surface area contributed by atoms with E-state index in [4.69, 9.17) is 0 Å². The fourth-order valence-corrected chi connectivity index (χ4v) is 3.73. The van der Waals surface area contributed by atoms with Crippen molar-refractivity contribution in [1.29, 1.82) is 0 Å². The third-order valence-corrected chi connectivity index (χ3v) is 4.80. The molecule has 1 N–H and O–H groups in total. The van der Waals surface area contributed by atoms with Gasteiger partial charge in [-0.3, -0.25) is 10.1 Å². The lowest BCUT2D eigenvalue weighted by Gasteiger charge is -2.37. The summed E-state index contributed by atoms with van der Waals surface area (Å²) in [7, 11) is 0. The van der Waals surface area contributed by atoms with Crippen molar-refractivity contribution in [2.75, 3.05) is 5.32 Å². The van der Waals surface area contributed by atoms with Crippen molar-refractivity contribution in [2.45, 2.75) is 18.4 Å². The molecule has 0 bridgehead atoms. The lowest BCUT2D eigenvalue weighted by atomic mass is 9.77. The molecule has 0 saturated carbocycles. The van der Waals surface area contributed by atoms with Gasteiger partial charge in [0.25, 0.3) is 5.69 Å². The molecule has 2 aromatic carbocycles. The molecule has 1 aliphatic heterocycles. The van der Waals surface area contributed by atoms with E-state index in [1.807, 2.05) is 6.07 Å². The van der Waals surface area contributed by atoms with Gasteiger partial charge in [0.2, 0.25) is 0 Å². The average Bonchev–Trinajstić information content (AvgIpc) is 3.04. The van der Waals surface area contributed by atoms with Gasteiger partial charge in [-0.05, 0) is 30.0 Å². The molecule has 0 saturated heterocycles. The number of nitro benzene ring substituents is 1. The van der Waals surface area contributed by atoms with Crippen LogP contribution in [0.1, 0.15) is 29.5 Å². The Morgan fingerprint density at radius 1 is 1.17 bits per heavy atom. The number of non-ortho nitro benzene ring substituents is 1. The van der Waals surface area contributed by atoms with Gasteiger partial charge in [-0.15, -0.1) is 0 Å². The fourth-order valence-electron chi connectivity index (χ4n) is 3.73. The molecule has 0 radical (unpaired) electrons. The lowest BCUT2D eigenvalue weighted by molar-refractivity contribution is -0.384. The molecule has 0 spiro atoms. The van der Waals surface area contributed by atoms with Gasteiger partial charge >= 0.3 is 0 Å². The zero-order valence-electron chi connectivity index (χ0n) is 12.3. The molecule has 23 heavy (non-hydrogen) atoms. The third-order valence-electron chi connectivity index (χ3n) is 4.80. The molecule has 1 heterocycles. The standard InChI is InChI=1S/C18H15FN2O2/c19-16-7-2-1-4-14(16)18-13-6-3-5-12(13)15-10-11(21(22)23)8-9-17(15)20-18/h1-5,7-10,12-13,18,20H,6H2/t12-,13+,18+/m1/s1. The van der Waals surface area contributed by atoms with E-state index in [9.17, 15) is 14.5 Å². The van der Waals surface area contributed by atoms with Gasteiger partial charge in [0, 0.05) is 29.3 Å². The first kappa shape index (κ1) is 13.9. The average molecular weight is 310 g/mol. The molecule has 0 fully saturated rings. The number of hydrogen-bond donors (Lipinski definition) is 1. The van der Waals surface area contributed by atoms with Crippen LogP contribution in [-0.2, 0) is 0 Å². The molecule has 4 nitrogen and oxygen atoms in total. The van der Waals surface area contributed by atoms with Crippen LogP contribution in [0.25, 0.3) is 0 Å². The summed E-state index contributed by atoms with van der Waals surface area (Å²) >= 11 is 0. The quantitative estimate of drug-likeness (QED) is 0.502. The van der Waals surface area contributed by atoms with E-state index in [0.29, 0.717) is 5.56 Å². The van der Waals surface area contributed by atoms with Crippen molar-refractivity contribution in [3.63, 3.8) is 0 Å². The number of hydrogen-bond acceptors (Lipinski definition) is 3. The zero-order chi connectivity index (χ0) is 16.0. The van der Waals surface area contributed by atoms with Crippen LogP contribution in [0.3, 0.4) is 0 Å². The summed E-state index contributed by atoms with van der Waals surface area (Å²) in [5.74, 6) is 0.0261. The second-order valence-corrected chi connectivity index (χ2v) is 6.03. The molecular weight excluding hydrogens is 295 g/mol. The normalized spacial score (nSPS) is 24.7. The molecule has 5 heteroatoms. The largest absolute Gasteiger partial charge is 0.378 e. The highest BCUT2D eigenvalue weighted by atomic mass is 19.1. The van der Waals surface area contributed by atoms with Crippen LogP contribution in [0, 0.1) is 21.8 Å². The molecule has 0 unspecified atom stereocenters. The van der Waals surface area contributed by atoms with Crippen molar-refractivity contribution in [3.05, 3.63) is 81.7 Å². The minimum absolute atomic E-state index is 0.0794. The maximum atomic E-state index is 14.2. The van der Waals surface area contributed by atoms with Gasteiger partial charge in [0.1, 0.15) is 5.82 Å². The third kappa shape index (κ3) is 2.20. The van der Waals surface area contributed by atoms with Crippen LogP contribution in [0.2, 0.25) is 0 Å². The first-order chi connectivity index (χ1) is 11.1. The molecule has 4 rings (SSSR count). The molecule has 2 aromatic rings. The van der Waals surface area contributed by atoms with Crippen LogP contribution < -0.4 is 5.32 Å². The van der Waals surface area contributed by atoms with E-state index < -0.39 is 0 Å². The van der Waals surface area contributed by atoms with Crippen molar-refractivity contribution < 1.29 is 9.31 Å². The maximum absolute atomic E-state index is 14.2. The predicted molar refractivity (Wildman–Crippen MR) is 85.8 cm³/mol. The molecular formula is C18H15FN2O2. The SMILES string of the molecule is O=[N+]([O-])c1ccc2c(c1)[C@@H]1C=CC[C@@H]1[C@@H](c1ccccc1F)N2. The summed E-state index contributed by atoms with van der Waals surface area (Å²) < 4.78 is 14.2. The predicted octanol–water partition coefficient (Wildman–Crippen LogP) is 4.56. The topological polar surface area (TPSA) is 55.2 Å². The number of nitrogens with one attached hydrogen (secondary N) is 1. The number of anilines is 1. The van der Waals surface area contributed by atoms with E-state index in [0.717, 1.165) is 17.7 Å². The van der Waals surface area contributed by atoms with Crippen LogP contribution in [-0.4, -0.2) is 4.92 Å². The first-order valence-electron chi connectivity index (χ1n) is 7.61.